The molecule has 1 amide bonds. The minimum atomic E-state index is -0.966. The van der Waals surface area contributed by atoms with Crippen molar-refractivity contribution in [3.63, 3.8) is 0 Å². The number of fused-ring (bicyclic) bond motifs is 1. The van der Waals surface area contributed by atoms with Gasteiger partial charge in [-0.25, -0.2) is 22.5 Å². The highest BCUT2D eigenvalue weighted by atomic mass is 32.1. The summed E-state index contributed by atoms with van der Waals surface area (Å²) < 4.78 is 42.8. The van der Waals surface area contributed by atoms with Crippen molar-refractivity contribution in [2.24, 2.45) is 0 Å². The van der Waals surface area contributed by atoms with Crippen LogP contribution in [0.25, 0.3) is 15.9 Å². The monoisotopic (exact) mass is 431 g/mol. The molecule has 0 fully saturated rings. The number of hydrogen-bond acceptors (Lipinski definition) is 4. The minimum absolute atomic E-state index is 0.0716. The molecule has 0 saturated heterocycles. The van der Waals surface area contributed by atoms with E-state index in [1.165, 1.54) is 24.3 Å². The Hall–Kier alpha value is -3.66. The summed E-state index contributed by atoms with van der Waals surface area (Å²) in [5.74, 6) is -3.30. The topological polar surface area (TPSA) is 73.1 Å². The van der Waals surface area contributed by atoms with Crippen molar-refractivity contribution < 1.29 is 18.0 Å². The van der Waals surface area contributed by atoms with Gasteiger partial charge in [0, 0.05) is 6.07 Å². The van der Waals surface area contributed by atoms with Crippen molar-refractivity contribution in [1.29, 1.82) is 0 Å². The molecule has 0 unspecified atom stereocenters. The number of para-hydroxylation sites is 1. The smallest absolute Gasteiger partial charge is 0.322 e. The predicted molar refractivity (Wildman–Crippen MR) is 107 cm³/mol. The van der Waals surface area contributed by atoms with Crippen molar-refractivity contribution in [3.05, 3.63) is 92.2 Å². The molecule has 10 heteroatoms. The first-order valence-corrected chi connectivity index (χ1v) is 9.47. The minimum Gasteiger partial charge on any atom is -0.322 e. The summed E-state index contributed by atoms with van der Waals surface area (Å²) in [6.45, 7) is -0.543. The van der Waals surface area contributed by atoms with E-state index in [1.54, 1.807) is 5.38 Å². The van der Waals surface area contributed by atoms with E-state index in [2.05, 4.69) is 5.32 Å². The molecular formula is C20H12F3N3O3S. The third-order valence-electron chi connectivity index (χ3n) is 4.31. The zero-order valence-corrected chi connectivity index (χ0v) is 15.9. The molecule has 0 atom stereocenters. The Morgan fingerprint density at radius 1 is 1.00 bits per heavy atom. The van der Waals surface area contributed by atoms with E-state index in [1.807, 2.05) is 0 Å². The Balaban J connectivity index is 1.83. The molecule has 0 aliphatic rings. The fourth-order valence-electron chi connectivity index (χ4n) is 3.03. The summed E-state index contributed by atoms with van der Waals surface area (Å²) >= 11 is 1.02. The van der Waals surface area contributed by atoms with Crippen LogP contribution in [0.5, 0.6) is 0 Å². The summed E-state index contributed by atoms with van der Waals surface area (Å²) in [6.07, 6.45) is 0. The standard InChI is InChI=1S/C20H12F3N3O3S/c21-11-7-12(22)9-13(8-11)26-19(28)18-16(5-6-30-18)25(20(26)29)10-17(27)24-15-4-2-1-3-14(15)23/h1-9H,10H2,(H,24,27). The van der Waals surface area contributed by atoms with Gasteiger partial charge in [0.2, 0.25) is 5.91 Å². The third-order valence-corrected chi connectivity index (χ3v) is 5.20. The molecule has 30 heavy (non-hydrogen) atoms. The van der Waals surface area contributed by atoms with Crippen LogP contribution in [0.2, 0.25) is 0 Å². The van der Waals surface area contributed by atoms with Gasteiger partial charge in [-0.15, -0.1) is 11.3 Å². The zero-order valence-electron chi connectivity index (χ0n) is 15.1. The fourth-order valence-corrected chi connectivity index (χ4v) is 3.86. The Morgan fingerprint density at radius 3 is 2.40 bits per heavy atom. The highest BCUT2D eigenvalue weighted by Crippen LogP contribution is 2.18. The van der Waals surface area contributed by atoms with Crippen LogP contribution in [0.4, 0.5) is 18.9 Å². The van der Waals surface area contributed by atoms with E-state index in [0.29, 0.717) is 10.6 Å². The van der Waals surface area contributed by atoms with E-state index in [0.717, 1.165) is 34.1 Å². The second-order valence-corrected chi connectivity index (χ2v) is 7.22. The van der Waals surface area contributed by atoms with Gasteiger partial charge in [0.05, 0.1) is 16.9 Å². The molecular weight excluding hydrogens is 419 g/mol. The molecule has 4 aromatic rings. The van der Waals surface area contributed by atoms with Crippen molar-refractivity contribution in [2.75, 3.05) is 5.32 Å². The van der Waals surface area contributed by atoms with Crippen LogP contribution in [0.15, 0.2) is 63.5 Å². The van der Waals surface area contributed by atoms with Crippen LogP contribution in [0, 0.1) is 17.5 Å². The largest absolute Gasteiger partial charge is 0.336 e. The first-order valence-electron chi connectivity index (χ1n) is 8.59. The zero-order chi connectivity index (χ0) is 21.4. The first kappa shape index (κ1) is 19.6. The number of halogens is 3. The van der Waals surface area contributed by atoms with Crippen LogP contribution >= 0.6 is 11.3 Å². The average molecular weight is 431 g/mol. The molecule has 0 aliphatic carbocycles. The number of amides is 1. The summed E-state index contributed by atoms with van der Waals surface area (Å²) in [5, 5.41) is 3.91. The highest BCUT2D eigenvalue weighted by molar-refractivity contribution is 7.17. The number of benzene rings is 2. The number of aromatic nitrogens is 2. The van der Waals surface area contributed by atoms with Crippen LogP contribution in [-0.2, 0) is 11.3 Å². The van der Waals surface area contributed by atoms with Gasteiger partial charge in [-0.3, -0.25) is 14.2 Å². The molecule has 0 radical (unpaired) electrons. The third kappa shape index (κ3) is 3.52. The molecule has 152 valence electrons. The summed E-state index contributed by atoms with van der Waals surface area (Å²) in [4.78, 5) is 38.2. The van der Waals surface area contributed by atoms with Gasteiger partial charge in [0.15, 0.2) is 0 Å². The summed E-state index contributed by atoms with van der Waals surface area (Å²) in [7, 11) is 0. The first-order chi connectivity index (χ1) is 14.3. The van der Waals surface area contributed by atoms with Crippen molar-refractivity contribution in [2.45, 2.75) is 6.54 Å². The lowest BCUT2D eigenvalue weighted by molar-refractivity contribution is -0.116. The normalized spacial score (nSPS) is 11.0. The van der Waals surface area contributed by atoms with Crippen LogP contribution < -0.4 is 16.6 Å². The number of carbonyl (C=O) groups excluding carboxylic acids is 1. The lowest BCUT2D eigenvalue weighted by atomic mass is 10.3. The molecule has 0 bridgehead atoms. The van der Waals surface area contributed by atoms with Crippen LogP contribution in [-0.4, -0.2) is 15.0 Å². The lowest BCUT2D eigenvalue weighted by Gasteiger charge is -2.13. The fraction of sp³-hybridized carbons (Fsp3) is 0.0500. The molecule has 0 saturated carbocycles. The Labute approximate surface area is 170 Å². The molecule has 2 aromatic carbocycles. The number of carbonyl (C=O) groups is 1. The van der Waals surface area contributed by atoms with Gasteiger partial charge in [0.1, 0.15) is 28.7 Å². The van der Waals surface area contributed by atoms with Crippen LogP contribution in [0.3, 0.4) is 0 Å². The van der Waals surface area contributed by atoms with Gasteiger partial charge < -0.3 is 5.32 Å². The molecule has 2 aromatic heterocycles. The van der Waals surface area contributed by atoms with Gasteiger partial charge in [-0.05, 0) is 35.7 Å². The second-order valence-electron chi connectivity index (χ2n) is 6.30. The molecule has 0 aliphatic heterocycles. The number of thiophene rings is 1. The molecule has 6 nitrogen and oxygen atoms in total. The SMILES string of the molecule is O=C(Cn1c(=O)n(-c2cc(F)cc(F)c2)c(=O)c2sccc21)Nc1ccccc1F. The second kappa shape index (κ2) is 7.64. The Morgan fingerprint density at radius 2 is 1.70 bits per heavy atom. The van der Waals surface area contributed by atoms with E-state index in [9.17, 15) is 27.6 Å². The van der Waals surface area contributed by atoms with Gasteiger partial charge >= 0.3 is 5.69 Å². The van der Waals surface area contributed by atoms with Gasteiger partial charge in [-0.2, -0.15) is 0 Å². The van der Waals surface area contributed by atoms with Crippen molar-refractivity contribution in [1.82, 2.24) is 9.13 Å². The van der Waals surface area contributed by atoms with E-state index >= 15 is 0 Å². The van der Waals surface area contributed by atoms with E-state index < -0.39 is 41.2 Å². The van der Waals surface area contributed by atoms with E-state index in [-0.39, 0.29) is 21.6 Å². The number of hydrogen-bond donors (Lipinski definition) is 1. The molecule has 4 rings (SSSR count). The Kier molecular flexibility index (Phi) is 5.00. The quantitative estimate of drug-likeness (QED) is 0.539. The number of rotatable bonds is 4. The average Bonchev–Trinajstić information content (AvgIpc) is 3.16. The van der Waals surface area contributed by atoms with E-state index in [4.69, 9.17) is 0 Å². The van der Waals surface area contributed by atoms with Crippen LogP contribution in [0.1, 0.15) is 0 Å². The molecule has 0 spiro atoms. The number of nitrogens with zero attached hydrogens (tertiary/aromatic N) is 2. The number of nitrogens with one attached hydrogen (secondary N) is 1. The lowest BCUT2D eigenvalue weighted by Crippen LogP contribution is -2.40. The number of anilines is 1. The maximum Gasteiger partial charge on any atom is 0.336 e. The maximum absolute atomic E-state index is 13.8. The summed E-state index contributed by atoms with van der Waals surface area (Å²) in [5.41, 5.74) is -1.91. The highest BCUT2D eigenvalue weighted by Gasteiger charge is 2.19. The van der Waals surface area contributed by atoms with Crippen molar-refractivity contribution in [3.8, 4) is 5.69 Å². The molecule has 2 heterocycles. The summed E-state index contributed by atoms with van der Waals surface area (Å²) in [6, 6.07) is 9.28. The Bertz CT molecular complexity index is 1390. The van der Waals surface area contributed by atoms with Crippen molar-refractivity contribution >= 4 is 33.1 Å². The maximum atomic E-state index is 13.8. The molecule has 1 N–H and O–H groups in total. The van der Waals surface area contributed by atoms with Gasteiger partial charge in [0.25, 0.3) is 5.56 Å². The predicted octanol–water partition coefficient (Wildman–Crippen LogP) is 3.27. The van der Waals surface area contributed by atoms with Gasteiger partial charge in [-0.1, -0.05) is 12.1 Å².